The lowest BCUT2D eigenvalue weighted by molar-refractivity contribution is 0.104. The summed E-state index contributed by atoms with van der Waals surface area (Å²) in [6.45, 7) is 0. The minimum atomic E-state index is -0.00463. The van der Waals surface area contributed by atoms with Crippen LogP contribution in [0, 0.1) is 0 Å². The molecular weight excluding hydrogens is 243 g/mol. The molecule has 1 aliphatic rings. The van der Waals surface area contributed by atoms with E-state index in [0.29, 0.717) is 21.2 Å². The number of ketones is 1. The molecule has 2 aromatic rings. The Morgan fingerprint density at radius 2 is 1.56 bits per heavy atom. The summed E-state index contributed by atoms with van der Waals surface area (Å²) in [4.78, 5) is 12.1. The predicted octanol–water partition coefficient (Wildman–Crippen LogP) is 4.20. The molecule has 0 atom stereocenters. The lowest BCUT2D eigenvalue weighted by atomic mass is 10.1. The lowest BCUT2D eigenvalue weighted by Gasteiger charge is -2.02. The maximum Gasteiger partial charge on any atom is 0.194 e. The van der Waals surface area contributed by atoms with Gasteiger partial charge in [-0.1, -0.05) is 47.5 Å². The van der Waals surface area contributed by atoms with Crippen LogP contribution in [0.4, 0.5) is 0 Å². The van der Waals surface area contributed by atoms with Crippen LogP contribution in [0.3, 0.4) is 0 Å². The predicted molar refractivity (Wildman–Crippen MR) is 65.3 cm³/mol. The van der Waals surface area contributed by atoms with E-state index in [1.54, 1.807) is 12.1 Å². The van der Waals surface area contributed by atoms with Gasteiger partial charge in [0.15, 0.2) is 5.78 Å². The van der Waals surface area contributed by atoms with Crippen molar-refractivity contribution in [3.63, 3.8) is 0 Å². The van der Waals surface area contributed by atoms with Crippen LogP contribution in [0.15, 0.2) is 36.4 Å². The molecule has 78 valence electrons. The average molecular weight is 249 g/mol. The highest BCUT2D eigenvalue weighted by Crippen LogP contribution is 2.42. The van der Waals surface area contributed by atoms with Crippen LogP contribution in [0.1, 0.15) is 15.9 Å². The van der Waals surface area contributed by atoms with E-state index >= 15 is 0 Å². The van der Waals surface area contributed by atoms with Crippen LogP contribution < -0.4 is 0 Å². The molecule has 1 nitrogen and oxygen atoms in total. The third-order valence-electron chi connectivity index (χ3n) is 2.74. The third kappa shape index (κ3) is 1.22. The monoisotopic (exact) mass is 248 g/mol. The number of hydrogen-bond donors (Lipinski definition) is 0. The first-order valence-corrected chi connectivity index (χ1v) is 5.57. The highest BCUT2D eigenvalue weighted by molar-refractivity contribution is 6.39. The van der Waals surface area contributed by atoms with Crippen molar-refractivity contribution < 1.29 is 4.79 Å². The molecule has 0 aliphatic heterocycles. The summed E-state index contributed by atoms with van der Waals surface area (Å²) < 4.78 is 0. The Kier molecular flexibility index (Phi) is 2.06. The van der Waals surface area contributed by atoms with E-state index in [2.05, 4.69) is 0 Å². The van der Waals surface area contributed by atoms with Crippen LogP contribution in [-0.2, 0) is 0 Å². The van der Waals surface area contributed by atoms with Gasteiger partial charge in [0.05, 0.1) is 5.02 Å². The second-order valence-corrected chi connectivity index (χ2v) is 4.53. The van der Waals surface area contributed by atoms with Crippen LogP contribution in [0.5, 0.6) is 0 Å². The van der Waals surface area contributed by atoms with Gasteiger partial charge in [0.25, 0.3) is 0 Å². The van der Waals surface area contributed by atoms with Crippen molar-refractivity contribution in [2.45, 2.75) is 0 Å². The first-order chi connectivity index (χ1) is 7.68. The largest absolute Gasteiger partial charge is 0.289 e. The van der Waals surface area contributed by atoms with E-state index in [1.165, 1.54) is 0 Å². The molecule has 0 saturated carbocycles. The van der Waals surface area contributed by atoms with Crippen LogP contribution in [0.2, 0.25) is 10.0 Å². The summed E-state index contributed by atoms with van der Waals surface area (Å²) >= 11 is 12.0. The zero-order chi connectivity index (χ0) is 11.3. The molecule has 0 fully saturated rings. The summed E-state index contributed by atoms with van der Waals surface area (Å²) in [6.07, 6.45) is 0. The molecule has 0 aromatic heterocycles. The molecule has 3 rings (SSSR count). The first kappa shape index (κ1) is 9.88. The van der Waals surface area contributed by atoms with E-state index in [9.17, 15) is 4.79 Å². The number of benzene rings is 2. The van der Waals surface area contributed by atoms with Gasteiger partial charge in [-0.25, -0.2) is 0 Å². The van der Waals surface area contributed by atoms with Crippen molar-refractivity contribution in [1.29, 1.82) is 0 Å². The minimum absolute atomic E-state index is 0.00463. The zero-order valence-corrected chi connectivity index (χ0v) is 9.64. The Morgan fingerprint density at radius 1 is 0.875 bits per heavy atom. The second kappa shape index (κ2) is 3.34. The highest BCUT2D eigenvalue weighted by Gasteiger charge is 2.28. The quantitative estimate of drug-likeness (QED) is 0.583. The topological polar surface area (TPSA) is 17.1 Å². The van der Waals surface area contributed by atoms with Crippen molar-refractivity contribution >= 4 is 29.0 Å². The van der Waals surface area contributed by atoms with Crippen molar-refractivity contribution in [3.05, 3.63) is 57.6 Å². The fraction of sp³-hybridized carbons (Fsp3) is 0. The van der Waals surface area contributed by atoms with Gasteiger partial charge in [-0.3, -0.25) is 4.79 Å². The average Bonchev–Trinajstić information content (AvgIpc) is 2.54. The van der Waals surface area contributed by atoms with Crippen molar-refractivity contribution in [2.75, 3.05) is 0 Å². The number of carbonyl (C=O) groups excluding carboxylic acids is 1. The maximum atomic E-state index is 12.1. The molecule has 16 heavy (non-hydrogen) atoms. The molecule has 0 bridgehead atoms. The molecule has 0 N–H and O–H groups in total. The highest BCUT2D eigenvalue weighted by atomic mass is 35.5. The molecule has 0 spiro atoms. The smallest absolute Gasteiger partial charge is 0.194 e. The Bertz CT molecular complexity index is 617. The molecular formula is C13H6Cl2O. The number of rotatable bonds is 0. The van der Waals surface area contributed by atoms with E-state index in [-0.39, 0.29) is 5.78 Å². The molecule has 3 heteroatoms. The molecule has 0 amide bonds. The number of carbonyl (C=O) groups is 1. The summed E-state index contributed by atoms with van der Waals surface area (Å²) in [5.41, 5.74) is 2.98. The normalized spacial score (nSPS) is 12.5. The van der Waals surface area contributed by atoms with Gasteiger partial charge in [-0.05, 0) is 17.7 Å². The second-order valence-electron chi connectivity index (χ2n) is 3.68. The summed E-state index contributed by atoms with van der Waals surface area (Å²) in [6, 6.07) is 10.8. The molecule has 0 saturated heterocycles. The first-order valence-electron chi connectivity index (χ1n) is 4.81. The summed E-state index contributed by atoms with van der Waals surface area (Å²) in [7, 11) is 0. The Labute approximate surface area is 103 Å². The van der Waals surface area contributed by atoms with Crippen molar-refractivity contribution in [3.8, 4) is 11.1 Å². The van der Waals surface area contributed by atoms with Gasteiger partial charge in [0.2, 0.25) is 0 Å². The minimum Gasteiger partial charge on any atom is -0.289 e. The van der Waals surface area contributed by atoms with Crippen molar-refractivity contribution in [2.24, 2.45) is 0 Å². The zero-order valence-electron chi connectivity index (χ0n) is 8.13. The fourth-order valence-corrected chi connectivity index (χ4v) is 2.67. The Morgan fingerprint density at radius 3 is 2.31 bits per heavy atom. The van der Waals surface area contributed by atoms with Gasteiger partial charge >= 0.3 is 0 Å². The van der Waals surface area contributed by atoms with Crippen LogP contribution in [-0.4, -0.2) is 5.78 Å². The SMILES string of the molecule is O=C1c2ccccc2-c2c(Cl)cc(Cl)cc21. The number of hydrogen-bond acceptors (Lipinski definition) is 1. The van der Waals surface area contributed by atoms with Crippen molar-refractivity contribution in [1.82, 2.24) is 0 Å². The van der Waals surface area contributed by atoms with Gasteiger partial charge in [-0.2, -0.15) is 0 Å². The van der Waals surface area contributed by atoms with Gasteiger partial charge < -0.3 is 0 Å². The van der Waals surface area contributed by atoms with E-state index in [1.807, 2.05) is 24.3 Å². The number of fused-ring (bicyclic) bond motifs is 3. The maximum absolute atomic E-state index is 12.1. The standard InChI is InChI=1S/C13H6Cl2O/c14-7-5-10-12(11(15)6-7)8-3-1-2-4-9(8)13(10)16/h1-6H. The lowest BCUT2D eigenvalue weighted by Crippen LogP contribution is -1.94. The van der Waals surface area contributed by atoms with E-state index in [4.69, 9.17) is 23.2 Å². The molecule has 0 heterocycles. The van der Waals surface area contributed by atoms with Crippen LogP contribution >= 0.6 is 23.2 Å². The molecule has 0 unspecified atom stereocenters. The van der Waals surface area contributed by atoms with Crippen LogP contribution in [0.25, 0.3) is 11.1 Å². The molecule has 1 aliphatic carbocycles. The molecule has 2 aromatic carbocycles. The van der Waals surface area contributed by atoms with Gasteiger partial charge in [0.1, 0.15) is 0 Å². The number of halogens is 2. The Hall–Kier alpha value is -1.31. The fourth-order valence-electron chi connectivity index (χ4n) is 2.07. The summed E-state index contributed by atoms with van der Waals surface area (Å²) in [5.74, 6) is -0.00463. The third-order valence-corrected chi connectivity index (χ3v) is 3.26. The molecule has 0 radical (unpaired) electrons. The summed E-state index contributed by atoms with van der Waals surface area (Å²) in [5, 5.41) is 1.02. The van der Waals surface area contributed by atoms with Gasteiger partial charge in [0, 0.05) is 21.7 Å². The van der Waals surface area contributed by atoms with E-state index in [0.717, 1.165) is 11.1 Å². The Balaban J connectivity index is 2.43. The van der Waals surface area contributed by atoms with Gasteiger partial charge in [-0.15, -0.1) is 0 Å². The van der Waals surface area contributed by atoms with E-state index < -0.39 is 0 Å².